The second-order valence-electron chi connectivity index (χ2n) is 3.21. The van der Waals surface area contributed by atoms with Gasteiger partial charge >= 0.3 is 0 Å². The standard InChI is InChI=1S/C10H6ClN3O/c11-8-5-12-9-10(15)13-6-3-1-2-4-7(6)14(8)9/h1-5H,(H,13,15). The van der Waals surface area contributed by atoms with Crippen LogP contribution in [0.3, 0.4) is 0 Å². The second kappa shape index (κ2) is 2.84. The second-order valence-corrected chi connectivity index (χ2v) is 3.60. The van der Waals surface area contributed by atoms with E-state index in [9.17, 15) is 4.79 Å². The number of H-pyrrole nitrogens is 1. The summed E-state index contributed by atoms with van der Waals surface area (Å²) in [5.41, 5.74) is 1.67. The van der Waals surface area contributed by atoms with Crippen LogP contribution in [0.4, 0.5) is 0 Å². The van der Waals surface area contributed by atoms with Gasteiger partial charge in [0.2, 0.25) is 5.65 Å². The molecule has 2 heterocycles. The van der Waals surface area contributed by atoms with Gasteiger partial charge < -0.3 is 4.98 Å². The van der Waals surface area contributed by atoms with Gasteiger partial charge in [-0.15, -0.1) is 0 Å². The van der Waals surface area contributed by atoms with Crippen molar-refractivity contribution in [2.24, 2.45) is 0 Å². The zero-order chi connectivity index (χ0) is 10.4. The maximum Gasteiger partial charge on any atom is 0.292 e. The number of rotatable bonds is 0. The van der Waals surface area contributed by atoms with E-state index in [2.05, 4.69) is 9.97 Å². The fraction of sp³-hybridized carbons (Fsp3) is 0. The predicted octanol–water partition coefficient (Wildman–Crippen LogP) is 1.83. The third-order valence-corrected chi connectivity index (χ3v) is 2.58. The molecule has 1 N–H and O–H groups in total. The van der Waals surface area contributed by atoms with Gasteiger partial charge in [0.25, 0.3) is 5.56 Å². The van der Waals surface area contributed by atoms with Crippen LogP contribution >= 0.6 is 11.6 Å². The molecule has 0 aliphatic heterocycles. The molecule has 74 valence electrons. The maximum absolute atomic E-state index is 11.6. The Morgan fingerprint density at radius 1 is 1.33 bits per heavy atom. The number of aromatic nitrogens is 3. The van der Waals surface area contributed by atoms with Gasteiger partial charge in [0, 0.05) is 0 Å². The third-order valence-electron chi connectivity index (χ3n) is 2.32. The van der Waals surface area contributed by atoms with Crippen LogP contribution in [0.25, 0.3) is 16.7 Å². The Kier molecular flexibility index (Phi) is 1.61. The van der Waals surface area contributed by atoms with E-state index >= 15 is 0 Å². The van der Waals surface area contributed by atoms with Crippen molar-refractivity contribution in [3.63, 3.8) is 0 Å². The molecule has 0 aliphatic rings. The highest BCUT2D eigenvalue weighted by Crippen LogP contribution is 2.16. The first-order valence-electron chi connectivity index (χ1n) is 4.41. The van der Waals surface area contributed by atoms with Crippen molar-refractivity contribution in [2.75, 3.05) is 0 Å². The quantitative estimate of drug-likeness (QED) is 0.627. The number of nitrogens with one attached hydrogen (secondary N) is 1. The van der Waals surface area contributed by atoms with E-state index in [1.165, 1.54) is 6.20 Å². The minimum Gasteiger partial charge on any atom is -0.317 e. The SMILES string of the molecule is O=c1[nH]c2ccccc2n2c(Cl)cnc12. The minimum atomic E-state index is -0.236. The van der Waals surface area contributed by atoms with E-state index in [1.54, 1.807) is 4.40 Å². The zero-order valence-corrected chi connectivity index (χ0v) is 8.32. The van der Waals surface area contributed by atoms with Crippen LogP contribution in [-0.4, -0.2) is 14.4 Å². The molecule has 15 heavy (non-hydrogen) atoms. The number of nitrogens with zero attached hydrogens (tertiary/aromatic N) is 2. The summed E-state index contributed by atoms with van der Waals surface area (Å²) in [6, 6.07) is 7.45. The Hall–Kier alpha value is -1.81. The Morgan fingerprint density at radius 3 is 3.00 bits per heavy atom. The average molecular weight is 220 g/mol. The first-order chi connectivity index (χ1) is 7.27. The van der Waals surface area contributed by atoms with Gasteiger partial charge in [-0.05, 0) is 12.1 Å². The molecule has 1 aromatic carbocycles. The number of hydrogen-bond donors (Lipinski definition) is 1. The van der Waals surface area contributed by atoms with Crippen molar-refractivity contribution in [2.45, 2.75) is 0 Å². The summed E-state index contributed by atoms with van der Waals surface area (Å²) in [4.78, 5) is 18.3. The molecule has 0 saturated heterocycles. The van der Waals surface area contributed by atoms with Crippen LogP contribution in [0.1, 0.15) is 0 Å². The summed E-state index contributed by atoms with van der Waals surface area (Å²) in [7, 11) is 0. The molecule has 3 aromatic rings. The maximum atomic E-state index is 11.6. The molecule has 2 aromatic heterocycles. The summed E-state index contributed by atoms with van der Waals surface area (Å²) in [5.74, 6) is 0. The molecular formula is C10H6ClN3O. The van der Waals surface area contributed by atoms with Crippen molar-refractivity contribution in [1.82, 2.24) is 14.4 Å². The zero-order valence-electron chi connectivity index (χ0n) is 7.57. The van der Waals surface area contributed by atoms with Crippen LogP contribution in [0.15, 0.2) is 35.3 Å². The lowest BCUT2D eigenvalue weighted by molar-refractivity contribution is 1.17. The minimum absolute atomic E-state index is 0.236. The van der Waals surface area contributed by atoms with Gasteiger partial charge in [-0.1, -0.05) is 23.7 Å². The molecule has 0 amide bonds. The fourth-order valence-corrected chi connectivity index (χ4v) is 1.89. The van der Waals surface area contributed by atoms with Crippen molar-refractivity contribution in [1.29, 1.82) is 0 Å². The number of imidazole rings is 1. The van der Waals surface area contributed by atoms with E-state index in [0.29, 0.717) is 10.8 Å². The highest BCUT2D eigenvalue weighted by atomic mass is 35.5. The van der Waals surface area contributed by atoms with Gasteiger partial charge in [0.15, 0.2) is 0 Å². The van der Waals surface area contributed by atoms with Crippen molar-refractivity contribution < 1.29 is 0 Å². The van der Waals surface area contributed by atoms with Gasteiger partial charge in [0.1, 0.15) is 5.15 Å². The van der Waals surface area contributed by atoms with Crippen molar-refractivity contribution >= 4 is 28.3 Å². The molecule has 0 spiro atoms. The van der Waals surface area contributed by atoms with Gasteiger partial charge in [-0.25, -0.2) is 4.98 Å². The lowest BCUT2D eigenvalue weighted by Gasteiger charge is -2.01. The molecule has 3 rings (SSSR count). The molecular weight excluding hydrogens is 214 g/mol. The molecule has 4 nitrogen and oxygen atoms in total. The van der Waals surface area contributed by atoms with E-state index in [4.69, 9.17) is 11.6 Å². The normalized spacial score (nSPS) is 11.3. The third kappa shape index (κ3) is 1.08. The number of fused-ring (bicyclic) bond motifs is 3. The topological polar surface area (TPSA) is 50.2 Å². The van der Waals surface area contributed by atoms with E-state index in [-0.39, 0.29) is 5.56 Å². The molecule has 0 unspecified atom stereocenters. The van der Waals surface area contributed by atoms with E-state index < -0.39 is 0 Å². The van der Waals surface area contributed by atoms with Crippen LogP contribution in [0.2, 0.25) is 5.15 Å². The highest BCUT2D eigenvalue weighted by Gasteiger charge is 2.08. The molecule has 0 bridgehead atoms. The summed E-state index contributed by atoms with van der Waals surface area (Å²) >= 11 is 5.97. The molecule has 0 saturated carbocycles. The summed E-state index contributed by atoms with van der Waals surface area (Å²) in [6.45, 7) is 0. The Morgan fingerprint density at radius 2 is 2.13 bits per heavy atom. The Labute approximate surface area is 89.1 Å². The molecule has 0 aliphatic carbocycles. The molecule has 0 radical (unpaired) electrons. The Balaban J connectivity index is 2.74. The predicted molar refractivity (Wildman–Crippen MR) is 58.3 cm³/mol. The first kappa shape index (κ1) is 8.49. The van der Waals surface area contributed by atoms with Gasteiger partial charge in [-0.2, -0.15) is 0 Å². The summed E-state index contributed by atoms with van der Waals surface area (Å²) in [6.07, 6.45) is 1.47. The lowest BCUT2D eigenvalue weighted by atomic mass is 10.3. The van der Waals surface area contributed by atoms with E-state index in [0.717, 1.165) is 11.0 Å². The largest absolute Gasteiger partial charge is 0.317 e. The average Bonchev–Trinajstić information content (AvgIpc) is 2.62. The number of aromatic amines is 1. The highest BCUT2D eigenvalue weighted by molar-refractivity contribution is 6.30. The monoisotopic (exact) mass is 219 g/mol. The van der Waals surface area contributed by atoms with Gasteiger partial charge in [0.05, 0.1) is 17.2 Å². The number of hydrogen-bond acceptors (Lipinski definition) is 2. The fourth-order valence-electron chi connectivity index (χ4n) is 1.67. The number of halogens is 1. The van der Waals surface area contributed by atoms with Crippen LogP contribution in [0, 0.1) is 0 Å². The molecule has 0 fully saturated rings. The van der Waals surface area contributed by atoms with Crippen LogP contribution < -0.4 is 5.56 Å². The van der Waals surface area contributed by atoms with Gasteiger partial charge in [-0.3, -0.25) is 9.20 Å². The van der Waals surface area contributed by atoms with Crippen LogP contribution in [0.5, 0.6) is 0 Å². The smallest absolute Gasteiger partial charge is 0.292 e. The van der Waals surface area contributed by atoms with E-state index in [1.807, 2.05) is 24.3 Å². The Bertz CT molecular complexity index is 713. The lowest BCUT2D eigenvalue weighted by Crippen LogP contribution is -2.10. The summed E-state index contributed by atoms with van der Waals surface area (Å²) < 4.78 is 1.63. The van der Waals surface area contributed by atoms with Crippen molar-refractivity contribution in [3.8, 4) is 0 Å². The molecule has 0 atom stereocenters. The summed E-state index contributed by atoms with van der Waals surface area (Å²) in [5, 5.41) is 0.437. The van der Waals surface area contributed by atoms with Crippen LogP contribution in [-0.2, 0) is 0 Å². The number of benzene rings is 1. The van der Waals surface area contributed by atoms with Crippen molar-refractivity contribution in [3.05, 3.63) is 46.0 Å². The number of para-hydroxylation sites is 2. The molecule has 5 heteroatoms. The first-order valence-corrected chi connectivity index (χ1v) is 4.79.